The number of anilines is 1. The van der Waals surface area contributed by atoms with Gasteiger partial charge in [0.25, 0.3) is 5.56 Å². The van der Waals surface area contributed by atoms with Crippen LogP contribution in [0, 0.1) is 0 Å². The van der Waals surface area contributed by atoms with Gasteiger partial charge in [-0.15, -0.1) is 0 Å². The number of halogens is 1. The molecule has 1 fully saturated rings. The number of fused-ring (bicyclic) bond motifs is 1. The number of ether oxygens (including phenoxy) is 1. The van der Waals surface area contributed by atoms with Crippen molar-refractivity contribution in [3.05, 3.63) is 50.7 Å². The quantitative estimate of drug-likeness (QED) is 0.721. The number of benzene rings is 1. The molecule has 0 radical (unpaired) electrons. The average Bonchev–Trinajstić information content (AvgIpc) is 2.91. The molecule has 7 nitrogen and oxygen atoms in total. The Balaban J connectivity index is 1.67. The summed E-state index contributed by atoms with van der Waals surface area (Å²) in [4.78, 5) is 26.3. The smallest absolute Gasteiger partial charge is 0.252 e. The highest BCUT2D eigenvalue weighted by Gasteiger charge is 2.15. The summed E-state index contributed by atoms with van der Waals surface area (Å²) in [5.74, 6) is 2.17. The van der Waals surface area contributed by atoms with E-state index in [0.717, 1.165) is 34.4 Å². The van der Waals surface area contributed by atoms with Crippen LogP contribution in [0.25, 0.3) is 11.0 Å². The van der Waals surface area contributed by atoms with E-state index in [1.807, 2.05) is 29.8 Å². The van der Waals surface area contributed by atoms with Crippen LogP contribution in [0.4, 0.5) is 5.82 Å². The summed E-state index contributed by atoms with van der Waals surface area (Å²) in [7, 11) is 1.97. The molecule has 8 heteroatoms. The molecule has 0 bridgehead atoms. The second-order valence-corrected chi connectivity index (χ2v) is 6.96. The molecule has 0 aliphatic carbocycles. The van der Waals surface area contributed by atoms with Crippen LogP contribution < -0.4 is 10.5 Å². The van der Waals surface area contributed by atoms with Gasteiger partial charge in [-0.05, 0) is 18.2 Å². The number of rotatable bonds is 3. The van der Waals surface area contributed by atoms with Crippen molar-refractivity contribution in [1.29, 1.82) is 0 Å². The summed E-state index contributed by atoms with van der Waals surface area (Å²) in [5, 5.41) is 0. The third-order valence-electron chi connectivity index (χ3n) is 4.37. The van der Waals surface area contributed by atoms with Crippen LogP contribution in [0.15, 0.2) is 33.5 Å². The molecule has 0 atom stereocenters. The second-order valence-electron chi connectivity index (χ2n) is 6.05. The SMILES string of the molecule is Cn1c(Cc2nc(N3CCOCC3)cc(=O)[nH]2)nc2ccc(Br)cc21. The van der Waals surface area contributed by atoms with Crippen LogP contribution in [-0.2, 0) is 18.2 Å². The maximum absolute atomic E-state index is 12.1. The molecule has 25 heavy (non-hydrogen) atoms. The number of nitrogens with one attached hydrogen (secondary N) is 1. The normalized spacial score (nSPS) is 15.0. The summed E-state index contributed by atoms with van der Waals surface area (Å²) >= 11 is 3.49. The number of aromatic nitrogens is 4. The van der Waals surface area contributed by atoms with Crippen molar-refractivity contribution in [1.82, 2.24) is 19.5 Å². The number of morpholine rings is 1. The molecule has 0 saturated carbocycles. The van der Waals surface area contributed by atoms with Crippen molar-refractivity contribution >= 4 is 32.8 Å². The molecule has 3 heterocycles. The fraction of sp³-hybridized carbons (Fsp3) is 0.353. The van der Waals surface area contributed by atoms with Gasteiger partial charge >= 0.3 is 0 Å². The largest absolute Gasteiger partial charge is 0.378 e. The monoisotopic (exact) mass is 403 g/mol. The summed E-state index contributed by atoms with van der Waals surface area (Å²) < 4.78 is 8.40. The molecule has 1 aliphatic heterocycles. The first-order valence-corrected chi connectivity index (χ1v) is 8.93. The van der Waals surface area contributed by atoms with Gasteiger partial charge < -0.3 is 19.2 Å². The minimum atomic E-state index is -0.145. The molecule has 3 aromatic rings. The van der Waals surface area contributed by atoms with Crippen molar-refractivity contribution in [3.63, 3.8) is 0 Å². The van der Waals surface area contributed by atoms with Gasteiger partial charge in [0.2, 0.25) is 0 Å². The third kappa shape index (κ3) is 3.32. The Hall–Kier alpha value is -2.19. The minimum Gasteiger partial charge on any atom is -0.378 e. The molecule has 0 amide bonds. The summed E-state index contributed by atoms with van der Waals surface area (Å²) in [5.41, 5.74) is 1.82. The van der Waals surface area contributed by atoms with E-state index in [1.165, 1.54) is 0 Å². The van der Waals surface area contributed by atoms with Gasteiger partial charge in [-0.25, -0.2) is 9.97 Å². The number of aryl methyl sites for hydroxylation is 1. The highest BCUT2D eigenvalue weighted by Crippen LogP contribution is 2.21. The number of aromatic amines is 1. The van der Waals surface area contributed by atoms with E-state index in [0.29, 0.717) is 31.3 Å². The average molecular weight is 404 g/mol. The zero-order valence-corrected chi connectivity index (χ0v) is 15.4. The lowest BCUT2D eigenvalue weighted by molar-refractivity contribution is 0.122. The molecular formula is C17H18BrN5O2. The lowest BCUT2D eigenvalue weighted by atomic mass is 10.3. The first-order valence-electron chi connectivity index (χ1n) is 8.14. The highest BCUT2D eigenvalue weighted by atomic mass is 79.9. The summed E-state index contributed by atoms with van der Waals surface area (Å²) in [6, 6.07) is 7.52. The Labute approximate surface area is 152 Å². The van der Waals surface area contributed by atoms with Gasteiger partial charge in [-0.1, -0.05) is 15.9 Å². The summed E-state index contributed by atoms with van der Waals surface area (Å²) in [6.07, 6.45) is 0.468. The zero-order valence-electron chi connectivity index (χ0n) is 13.8. The predicted octanol–water partition coefficient (Wildman–Crippen LogP) is 1.85. The van der Waals surface area contributed by atoms with Crippen molar-refractivity contribution in [2.45, 2.75) is 6.42 Å². The standard InChI is InChI=1S/C17H18BrN5O2/c1-22-13-8-11(18)2-3-12(13)19-15(22)9-14-20-16(10-17(24)21-14)23-4-6-25-7-5-23/h2-3,8,10H,4-7,9H2,1H3,(H,20,21,24). The van der Waals surface area contributed by atoms with Crippen molar-refractivity contribution in [2.24, 2.45) is 7.05 Å². The topological polar surface area (TPSA) is 76.0 Å². The van der Waals surface area contributed by atoms with Gasteiger partial charge in [0.05, 0.1) is 30.7 Å². The molecule has 0 unspecified atom stereocenters. The van der Waals surface area contributed by atoms with E-state index in [2.05, 4.69) is 35.8 Å². The fourth-order valence-electron chi connectivity index (χ4n) is 3.05. The molecule has 130 valence electrons. The fourth-order valence-corrected chi connectivity index (χ4v) is 3.40. The number of hydrogen-bond donors (Lipinski definition) is 1. The van der Waals surface area contributed by atoms with E-state index in [9.17, 15) is 4.79 Å². The molecule has 0 spiro atoms. The van der Waals surface area contributed by atoms with Crippen molar-refractivity contribution < 1.29 is 4.74 Å². The molecule has 1 aromatic carbocycles. The zero-order chi connectivity index (χ0) is 17.4. The number of H-pyrrole nitrogens is 1. The summed E-state index contributed by atoms with van der Waals surface area (Å²) in [6.45, 7) is 2.80. The molecule has 1 saturated heterocycles. The Kier molecular flexibility index (Phi) is 4.30. The highest BCUT2D eigenvalue weighted by molar-refractivity contribution is 9.10. The maximum atomic E-state index is 12.1. The van der Waals surface area contributed by atoms with Gasteiger partial charge in [-0.3, -0.25) is 4.79 Å². The number of hydrogen-bond acceptors (Lipinski definition) is 5. The van der Waals surface area contributed by atoms with Crippen LogP contribution in [-0.4, -0.2) is 45.8 Å². The van der Waals surface area contributed by atoms with Gasteiger partial charge in [0, 0.05) is 30.7 Å². The second kappa shape index (κ2) is 6.61. The van der Waals surface area contributed by atoms with Gasteiger partial charge in [-0.2, -0.15) is 0 Å². The van der Waals surface area contributed by atoms with E-state index < -0.39 is 0 Å². The maximum Gasteiger partial charge on any atom is 0.252 e. The predicted molar refractivity (Wildman–Crippen MR) is 99.1 cm³/mol. The Morgan fingerprint density at radius 3 is 2.84 bits per heavy atom. The lowest BCUT2D eigenvalue weighted by Crippen LogP contribution is -2.37. The molecular weight excluding hydrogens is 386 g/mol. The van der Waals surface area contributed by atoms with E-state index in [-0.39, 0.29) is 5.56 Å². The Morgan fingerprint density at radius 2 is 2.04 bits per heavy atom. The molecule has 1 N–H and O–H groups in total. The van der Waals surface area contributed by atoms with Crippen LogP contribution in [0.3, 0.4) is 0 Å². The van der Waals surface area contributed by atoms with Crippen LogP contribution >= 0.6 is 15.9 Å². The van der Waals surface area contributed by atoms with Crippen LogP contribution in [0.2, 0.25) is 0 Å². The first kappa shape index (κ1) is 16.3. The number of nitrogens with zero attached hydrogens (tertiary/aromatic N) is 4. The Bertz CT molecular complexity index is 975. The van der Waals surface area contributed by atoms with Crippen LogP contribution in [0.1, 0.15) is 11.6 Å². The van der Waals surface area contributed by atoms with Crippen LogP contribution in [0.5, 0.6) is 0 Å². The molecule has 1 aliphatic rings. The molecule has 2 aromatic heterocycles. The van der Waals surface area contributed by atoms with E-state index in [1.54, 1.807) is 6.07 Å². The molecule has 4 rings (SSSR count). The van der Waals surface area contributed by atoms with E-state index >= 15 is 0 Å². The minimum absolute atomic E-state index is 0.145. The van der Waals surface area contributed by atoms with Crippen molar-refractivity contribution in [3.8, 4) is 0 Å². The van der Waals surface area contributed by atoms with E-state index in [4.69, 9.17) is 4.74 Å². The first-order chi connectivity index (χ1) is 12.1. The van der Waals surface area contributed by atoms with Gasteiger partial charge in [0.15, 0.2) is 0 Å². The van der Waals surface area contributed by atoms with Gasteiger partial charge in [0.1, 0.15) is 17.5 Å². The van der Waals surface area contributed by atoms with Crippen molar-refractivity contribution in [2.75, 3.05) is 31.2 Å². The lowest BCUT2D eigenvalue weighted by Gasteiger charge is -2.27. The Morgan fingerprint density at radius 1 is 1.24 bits per heavy atom. The number of imidazole rings is 1. The third-order valence-corrected chi connectivity index (χ3v) is 4.87.